The van der Waals surface area contributed by atoms with Gasteiger partial charge in [-0.3, -0.25) is 0 Å². The molecule has 0 saturated heterocycles. The molecule has 0 heterocycles. The second kappa shape index (κ2) is 14.5. The van der Waals surface area contributed by atoms with Crippen molar-refractivity contribution in [3.63, 3.8) is 0 Å². The van der Waals surface area contributed by atoms with Crippen LogP contribution in [0.3, 0.4) is 0 Å². The number of aliphatic hydroxyl groups excluding tert-OH is 1. The van der Waals surface area contributed by atoms with Crippen LogP contribution in [0.5, 0.6) is 28.7 Å². The van der Waals surface area contributed by atoms with Crippen LogP contribution in [0.25, 0.3) is 0 Å². The molecule has 5 aromatic carbocycles. The Kier molecular flexibility index (Phi) is 10.1. The van der Waals surface area contributed by atoms with Crippen molar-refractivity contribution in [2.45, 2.75) is 79.8 Å². The maximum atomic E-state index is 10.5. The van der Waals surface area contributed by atoms with Crippen LogP contribution in [0.2, 0.25) is 0 Å². The third-order valence-electron chi connectivity index (χ3n) is 10.1. The molecule has 5 aromatic rings. The molecule has 6 rings (SSSR count). The summed E-state index contributed by atoms with van der Waals surface area (Å²) in [5.41, 5.74) is 13.8. The normalized spacial score (nSPS) is 14.9. The van der Waals surface area contributed by atoms with Crippen molar-refractivity contribution in [2.24, 2.45) is 0 Å². The molecule has 0 aliphatic heterocycles. The summed E-state index contributed by atoms with van der Waals surface area (Å²) in [5.74, 6) is 2.33. The van der Waals surface area contributed by atoms with E-state index < -0.39 is 6.10 Å². The average molecular weight is 681 g/mol. The molecule has 4 N–H and O–H groups in total. The number of allylic oxidation sites excluding steroid dienone is 2. The standard InChI is InChI=1S/C46H48O5/c1-26-16-38(24-33-18-29(4)44(49)30(5)19-33)46(39(17-26)25-34-20-31(6)45(50)32(7)21-34)51-40-12-8-35(9-13-40)43(36-10-14-41(47)27(2)22-36)37-11-15-42(48)28(3)23-37/h8-14,16-23,42-43,47-50H,15,24-25H2,1-7H3. The summed E-state index contributed by atoms with van der Waals surface area (Å²) in [6.45, 7) is 13.7. The van der Waals surface area contributed by atoms with Gasteiger partial charge < -0.3 is 25.2 Å². The summed E-state index contributed by atoms with van der Waals surface area (Å²) < 4.78 is 6.87. The van der Waals surface area contributed by atoms with Crippen molar-refractivity contribution in [3.8, 4) is 28.7 Å². The van der Waals surface area contributed by atoms with E-state index in [-0.39, 0.29) is 11.7 Å². The Balaban J connectivity index is 1.41. The number of phenols is 3. The molecule has 2 unspecified atom stereocenters. The van der Waals surface area contributed by atoms with Crippen LogP contribution >= 0.6 is 0 Å². The lowest BCUT2D eigenvalue weighted by atomic mass is 9.80. The molecule has 2 atom stereocenters. The highest BCUT2D eigenvalue weighted by Crippen LogP contribution is 2.40. The molecular weight excluding hydrogens is 633 g/mol. The number of benzene rings is 5. The van der Waals surface area contributed by atoms with E-state index in [4.69, 9.17) is 4.74 Å². The Morgan fingerprint density at radius 1 is 0.627 bits per heavy atom. The van der Waals surface area contributed by atoms with Crippen LogP contribution in [0.1, 0.15) is 86.0 Å². The quantitative estimate of drug-likeness (QED) is 0.124. The minimum Gasteiger partial charge on any atom is -0.508 e. The van der Waals surface area contributed by atoms with Crippen molar-refractivity contribution >= 4 is 0 Å². The third-order valence-corrected chi connectivity index (χ3v) is 10.1. The summed E-state index contributed by atoms with van der Waals surface area (Å²) >= 11 is 0. The predicted octanol–water partition coefficient (Wildman–Crippen LogP) is 10.4. The lowest BCUT2D eigenvalue weighted by Gasteiger charge is -2.25. The maximum absolute atomic E-state index is 10.5. The predicted molar refractivity (Wildman–Crippen MR) is 206 cm³/mol. The summed E-state index contributed by atoms with van der Waals surface area (Å²) in [6, 6.07) is 26.5. The average Bonchev–Trinajstić information content (AvgIpc) is 3.08. The first-order valence-corrected chi connectivity index (χ1v) is 17.6. The highest BCUT2D eigenvalue weighted by Gasteiger charge is 2.23. The zero-order valence-corrected chi connectivity index (χ0v) is 30.6. The summed E-state index contributed by atoms with van der Waals surface area (Å²) in [5, 5.41) is 41.6. The number of hydrogen-bond acceptors (Lipinski definition) is 5. The molecule has 0 aromatic heterocycles. The number of hydrogen-bond donors (Lipinski definition) is 4. The fourth-order valence-electron chi connectivity index (χ4n) is 7.39. The first-order valence-electron chi connectivity index (χ1n) is 17.6. The largest absolute Gasteiger partial charge is 0.508 e. The number of rotatable bonds is 9. The van der Waals surface area contributed by atoms with Gasteiger partial charge in [-0.05, 0) is 145 Å². The lowest BCUT2D eigenvalue weighted by molar-refractivity contribution is 0.212. The molecular formula is C46H48O5. The van der Waals surface area contributed by atoms with Gasteiger partial charge in [-0.25, -0.2) is 0 Å². The lowest BCUT2D eigenvalue weighted by Crippen LogP contribution is -2.14. The number of ether oxygens (including phenoxy) is 1. The van der Waals surface area contributed by atoms with Gasteiger partial charge in [-0.1, -0.05) is 78.4 Å². The van der Waals surface area contributed by atoms with Gasteiger partial charge in [0.2, 0.25) is 0 Å². The van der Waals surface area contributed by atoms with Crippen molar-refractivity contribution in [3.05, 3.63) is 169 Å². The van der Waals surface area contributed by atoms with Gasteiger partial charge in [0, 0.05) is 18.8 Å². The van der Waals surface area contributed by atoms with Crippen molar-refractivity contribution in [1.29, 1.82) is 0 Å². The number of aryl methyl sites for hydroxylation is 6. The van der Waals surface area contributed by atoms with Gasteiger partial charge in [-0.15, -0.1) is 0 Å². The SMILES string of the molecule is CC1=CC(C(c2ccc(Oc3c(Cc4cc(C)c(O)c(C)c4)cc(C)cc3Cc3cc(C)c(O)c(C)c3)cc2)c2ccc(O)c(C)c2)=CCC1O. The first kappa shape index (κ1) is 35.6. The highest BCUT2D eigenvalue weighted by atomic mass is 16.5. The van der Waals surface area contributed by atoms with Crippen LogP contribution < -0.4 is 4.74 Å². The highest BCUT2D eigenvalue weighted by molar-refractivity contribution is 5.55. The molecule has 5 heteroatoms. The van der Waals surface area contributed by atoms with Gasteiger partial charge in [0.1, 0.15) is 28.7 Å². The molecule has 0 saturated carbocycles. The molecule has 5 nitrogen and oxygen atoms in total. The van der Waals surface area contributed by atoms with Crippen LogP contribution in [0.4, 0.5) is 0 Å². The molecule has 51 heavy (non-hydrogen) atoms. The molecule has 0 amide bonds. The van der Waals surface area contributed by atoms with Crippen molar-refractivity contribution < 1.29 is 25.2 Å². The van der Waals surface area contributed by atoms with Crippen LogP contribution in [0, 0.1) is 41.5 Å². The minimum absolute atomic E-state index is 0.0896. The van der Waals surface area contributed by atoms with Crippen molar-refractivity contribution in [1.82, 2.24) is 0 Å². The van der Waals surface area contributed by atoms with Gasteiger partial charge in [0.15, 0.2) is 0 Å². The molecule has 0 spiro atoms. The topological polar surface area (TPSA) is 90.2 Å². The molecule has 0 bridgehead atoms. The fourth-order valence-corrected chi connectivity index (χ4v) is 7.39. The van der Waals surface area contributed by atoms with E-state index in [0.717, 1.165) is 83.7 Å². The van der Waals surface area contributed by atoms with E-state index in [2.05, 4.69) is 43.3 Å². The molecule has 1 aliphatic rings. The van der Waals surface area contributed by atoms with Crippen molar-refractivity contribution in [2.75, 3.05) is 0 Å². The molecule has 262 valence electrons. The molecule has 0 fully saturated rings. The Bertz CT molecular complexity index is 2040. The van der Waals surface area contributed by atoms with Gasteiger partial charge in [0.05, 0.1) is 6.10 Å². The summed E-state index contributed by atoms with van der Waals surface area (Å²) in [4.78, 5) is 0. The second-order valence-corrected chi connectivity index (χ2v) is 14.4. The van der Waals surface area contributed by atoms with E-state index in [9.17, 15) is 20.4 Å². The van der Waals surface area contributed by atoms with Gasteiger partial charge in [0.25, 0.3) is 0 Å². The van der Waals surface area contributed by atoms with Crippen LogP contribution in [-0.2, 0) is 12.8 Å². The first-order chi connectivity index (χ1) is 24.3. The Labute approximate surface area is 301 Å². The van der Waals surface area contributed by atoms with E-state index in [1.54, 1.807) is 6.07 Å². The number of aromatic hydroxyl groups is 3. The zero-order chi connectivity index (χ0) is 36.6. The molecule has 0 radical (unpaired) electrons. The summed E-state index contributed by atoms with van der Waals surface area (Å²) in [7, 11) is 0. The van der Waals surface area contributed by atoms with E-state index in [0.29, 0.717) is 36.5 Å². The van der Waals surface area contributed by atoms with E-state index in [1.165, 1.54) is 0 Å². The zero-order valence-electron chi connectivity index (χ0n) is 30.6. The Morgan fingerprint density at radius 3 is 1.63 bits per heavy atom. The van der Waals surface area contributed by atoms with E-state index >= 15 is 0 Å². The summed E-state index contributed by atoms with van der Waals surface area (Å²) in [6.07, 6.45) is 5.53. The minimum atomic E-state index is -0.478. The van der Waals surface area contributed by atoms with Crippen LogP contribution in [-0.4, -0.2) is 26.5 Å². The number of aliphatic hydroxyl groups is 1. The smallest absolute Gasteiger partial charge is 0.134 e. The maximum Gasteiger partial charge on any atom is 0.134 e. The fraction of sp³-hybridized carbons (Fsp3) is 0.261. The second-order valence-electron chi connectivity index (χ2n) is 14.4. The monoisotopic (exact) mass is 680 g/mol. The third kappa shape index (κ3) is 7.74. The Hall–Kier alpha value is -5.26. The molecule has 1 aliphatic carbocycles. The number of phenolic OH excluding ortho intramolecular Hbond substituents is 3. The van der Waals surface area contributed by atoms with Gasteiger partial charge in [-0.2, -0.15) is 0 Å². The van der Waals surface area contributed by atoms with Crippen LogP contribution in [0.15, 0.2) is 102 Å². The van der Waals surface area contributed by atoms with Gasteiger partial charge >= 0.3 is 0 Å². The van der Waals surface area contributed by atoms with E-state index in [1.807, 2.05) is 90.1 Å². The Morgan fingerprint density at radius 2 is 1.14 bits per heavy atom.